The summed E-state index contributed by atoms with van der Waals surface area (Å²) in [6.45, 7) is 4.20. The molecule has 1 heterocycles. The zero-order valence-electron chi connectivity index (χ0n) is 10.8. The Morgan fingerprint density at radius 3 is 2.65 bits per heavy atom. The number of ether oxygens (including phenoxy) is 1. The van der Waals surface area contributed by atoms with Crippen LogP contribution in [0.4, 0.5) is 0 Å². The molecule has 0 spiro atoms. The second-order valence-corrected chi connectivity index (χ2v) is 4.65. The number of rotatable bonds is 3. The highest BCUT2D eigenvalue weighted by atomic mass is 16.5. The van der Waals surface area contributed by atoms with Gasteiger partial charge in [-0.15, -0.1) is 0 Å². The Morgan fingerprint density at radius 1 is 1.35 bits per heavy atom. The van der Waals surface area contributed by atoms with Gasteiger partial charge < -0.3 is 15.0 Å². The van der Waals surface area contributed by atoms with Crippen molar-refractivity contribution in [1.82, 2.24) is 9.55 Å². The SMILES string of the molecule is COc1ccc2c(c1)nc(C(N)C(C)C)n2C. The van der Waals surface area contributed by atoms with Gasteiger partial charge in [0.2, 0.25) is 0 Å². The molecule has 2 rings (SSSR count). The van der Waals surface area contributed by atoms with Crippen LogP contribution in [0.25, 0.3) is 11.0 Å². The molecule has 4 nitrogen and oxygen atoms in total. The molecule has 1 aromatic heterocycles. The lowest BCUT2D eigenvalue weighted by Crippen LogP contribution is -2.20. The van der Waals surface area contributed by atoms with Gasteiger partial charge in [-0.3, -0.25) is 0 Å². The van der Waals surface area contributed by atoms with Crippen LogP contribution in [0.3, 0.4) is 0 Å². The summed E-state index contributed by atoms with van der Waals surface area (Å²) in [6.07, 6.45) is 0. The van der Waals surface area contributed by atoms with Gasteiger partial charge in [0.25, 0.3) is 0 Å². The molecular weight excluding hydrogens is 214 g/mol. The fourth-order valence-corrected chi connectivity index (χ4v) is 1.92. The Hall–Kier alpha value is -1.55. The number of aromatic nitrogens is 2. The Kier molecular flexibility index (Phi) is 3.07. The van der Waals surface area contributed by atoms with Gasteiger partial charge in [0.15, 0.2) is 0 Å². The van der Waals surface area contributed by atoms with Crippen LogP contribution < -0.4 is 10.5 Å². The molecule has 1 unspecified atom stereocenters. The molecule has 0 aliphatic heterocycles. The van der Waals surface area contributed by atoms with E-state index in [4.69, 9.17) is 10.5 Å². The van der Waals surface area contributed by atoms with Crippen LogP contribution in [-0.4, -0.2) is 16.7 Å². The molecule has 4 heteroatoms. The van der Waals surface area contributed by atoms with Crippen molar-refractivity contribution in [2.75, 3.05) is 7.11 Å². The molecule has 2 N–H and O–H groups in total. The van der Waals surface area contributed by atoms with Crippen LogP contribution in [0.5, 0.6) is 5.75 Å². The number of aryl methyl sites for hydroxylation is 1. The first-order chi connectivity index (χ1) is 8.04. The quantitative estimate of drug-likeness (QED) is 0.884. The van der Waals surface area contributed by atoms with Crippen molar-refractivity contribution in [1.29, 1.82) is 0 Å². The van der Waals surface area contributed by atoms with Crippen LogP contribution in [0, 0.1) is 5.92 Å². The third-order valence-corrected chi connectivity index (χ3v) is 3.14. The molecule has 1 atom stereocenters. The summed E-state index contributed by atoms with van der Waals surface area (Å²) in [4.78, 5) is 4.60. The predicted molar refractivity (Wildman–Crippen MR) is 69.0 cm³/mol. The number of imidazole rings is 1. The van der Waals surface area contributed by atoms with Gasteiger partial charge in [-0.2, -0.15) is 0 Å². The minimum Gasteiger partial charge on any atom is -0.497 e. The van der Waals surface area contributed by atoms with Crippen molar-refractivity contribution in [3.8, 4) is 5.75 Å². The summed E-state index contributed by atoms with van der Waals surface area (Å²) in [5.74, 6) is 2.11. The average molecular weight is 233 g/mol. The van der Waals surface area contributed by atoms with Crippen molar-refractivity contribution in [3.63, 3.8) is 0 Å². The molecular formula is C13H19N3O. The minimum absolute atomic E-state index is 0.0432. The van der Waals surface area contributed by atoms with E-state index in [2.05, 4.69) is 23.4 Å². The van der Waals surface area contributed by atoms with Crippen molar-refractivity contribution in [2.45, 2.75) is 19.9 Å². The van der Waals surface area contributed by atoms with Gasteiger partial charge in [-0.25, -0.2) is 4.98 Å². The lowest BCUT2D eigenvalue weighted by atomic mass is 10.1. The largest absolute Gasteiger partial charge is 0.497 e. The smallest absolute Gasteiger partial charge is 0.126 e. The van der Waals surface area contributed by atoms with E-state index in [-0.39, 0.29) is 6.04 Å². The monoisotopic (exact) mass is 233 g/mol. The maximum Gasteiger partial charge on any atom is 0.126 e. The van der Waals surface area contributed by atoms with Crippen LogP contribution in [0.2, 0.25) is 0 Å². The number of benzene rings is 1. The lowest BCUT2D eigenvalue weighted by Gasteiger charge is -2.14. The molecule has 0 bridgehead atoms. The Balaban J connectivity index is 2.56. The Labute approximate surface area is 101 Å². The molecule has 17 heavy (non-hydrogen) atoms. The summed E-state index contributed by atoms with van der Waals surface area (Å²) in [6, 6.07) is 5.84. The number of nitrogens with zero attached hydrogens (tertiary/aromatic N) is 2. The summed E-state index contributed by atoms with van der Waals surface area (Å²) >= 11 is 0. The topological polar surface area (TPSA) is 53.1 Å². The molecule has 0 saturated heterocycles. The third-order valence-electron chi connectivity index (χ3n) is 3.14. The number of nitrogens with two attached hydrogens (primary N) is 1. The second-order valence-electron chi connectivity index (χ2n) is 4.65. The first-order valence-electron chi connectivity index (χ1n) is 5.80. The van der Waals surface area contributed by atoms with Gasteiger partial charge >= 0.3 is 0 Å². The van der Waals surface area contributed by atoms with Crippen LogP contribution in [-0.2, 0) is 7.05 Å². The van der Waals surface area contributed by atoms with Crippen LogP contribution >= 0.6 is 0 Å². The normalized spacial score (nSPS) is 13.3. The number of hydrogen-bond acceptors (Lipinski definition) is 3. The zero-order valence-corrected chi connectivity index (χ0v) is 10.8. The Morgan fingerprint density at radius 2 is 2.06 bits per heavy atom. The summed E-state index contributed by atoms with van der Waals surface area (Å²) in [7, 11) is 3.66. The minimum atomic E-state index is -0.0432. The molecule has 92 valence electrons. The molecule has 0 amide bonds. The standard InChI is InChI=1S/C13H19N3O/c1-8(2)12(14)13-15-10-7-9(17-4)5-6-11(10)16(13)3/h5-8,12H,14H2,1-4H3. The van der Waals surface area contributed by atoms with Crippen LogP contribution in [0.1, 0.15) is 25.7 Å². The van der Waals surface area contributed by atoms with Crippen LogP contribution in [0.15, 0.2) is 18.2 Å². The second kappa shape index (κ2) is 4.37. The van der Waals surface area contributed by atoms with E-state index >= 15 is 0 Å². The number of fused-ring (bicyclic) bond motifs is 1. The molecule has 0 aliphatic carbocycles. The Bertz CT molecular complexity index is 531. The van der Waals surface area contributed by atoms with E-state index in [1.807, 2.05) is 25.2 Å². The first-order valence-corrected chi connectivity index (χ1v) is 5.80. The molecule has 0 aliphatic rings. The van der Waals surface area contributed by atoms with Gasteiger partial charge in [0.05, 0.1) is 24.2 Å². The van der Waals surface area contributed by atoms with E-state index in [0.717, 1.165) is 22.6 Å². The summed E-state index contributed by atoms with van der Waals surface area (Å²) in [5, 5.41) is 0. The summed E-state index contributed by atoms with van der Waals surface area (Å²) in [5.41, 5.74) is 8.17. The maximum atomic E-state index is 6.16. The van der Waals surface area contributed by atoms with Crippen molar-refractivity contribution in [2.24, 2.45) is 18.7 Å². The third kappa shape index (κ3) is 2.00. The van der Waals surface area contributed by atoms with E-state index in [1.165, 1.54) is 0 Å². The predicted octanol–water partition coefficient (Wildman–Crippen LogP) is 2.24. The van der Waals surface area contributed by atoms with E-state index in [1.54, 1.807) is 7.11 Å². The fourth-order valence-electron chi connectivity index (χ4n) is 1.92. The highest BCUT2D eigenvalue weighted by Gasteiger charge is 2.17. The number of hydrogen-bond donors (Lipinski definition) is 1. The van der Waals surface area contributed by atoms with Crippen molar-refractivity contribution >= 4 is 11.0 Å². The molecule has 0 saturated carbocycles. The molecule has 2 aromatic rings. The van der Waals surface area contributed by atoms with Crippen molar-refractivity contribution in [3.05, 3.63) is 24.0 Å². The highest BCUT2D eigenvalue weighted by Crippen LogP contribution is 2.25. The summed E-state index contributed by atoms with van der Waals surface area (Å²) < 4.78 is 7.25. The van der Waals surface area contributed by atoms with Crippen molar-refractivity contribution < 1.29 is 4.74 Å². The maximum absolute atomic E-state index is 6.16. The molecule has 1 aromatic carbocycles. The number of methoxy groups -OCH3 is 1. The molecule has 0 fully saturated rings. The van der Waals surface area contributed by atoms with Gasteiger partial charge in [-0.1, -0.05) is 13.8 Å². The van der Waals surface area contributed by atoms with E-state index in [9.17, 15) is 0 Å². The lowest BCUT2D eigenvalue weighted by molar-refractivity contribution is 0.415. The highest BCUT2D eigenvalue weighted by molar-refractivity contribution is 5.77. The van der Waals surface area contributed by atoms with Gasteiger partial charge in [0, 0.05) is 13.1 Å². The fraction of sp³-hybridized carbons (Fsp3) is 0.462. The van der Waals surface area contributed by atoms with E-state index in [0.29, 0.717) is 5.92 Å². The van der Waals surface area contributed by atoms with E-state index < -0.39 is 0 Å². The zero-order chi connectivity index (χ0) is 12.6. The molecule has 0 radical (unpaired) electrons. The average Bonchev–Trinajstić information content (AvgIpc) is 2.65. The van der Waals surface area contributed by atoms with Gasteiger partial charge in [-0.05, 0) is 18.1 Å². The van der Waals surface area contributed by atoms with Gasteiger partial charge in [0.1, 0.15) is 11.6 Å². The first kappa shape index (κ1) is 11.9.